The van der Waals surface area contributed by atoms with Crippen molar-refractivity contribution in [1.82, 2.24) is 18.3 Å². The van der Waals surface area contributed by atoms with Crippen molar-refractivity contribution in [3.05, 3.63) is 466 Å². The Morgan fingerprint density at radius 2 is 0.435 bits per heavy atom. The highest BCUT2D eigenvalue weighted by Crippen LogP contribution is 2.62. The summed E-state index contributed by atoms with van der Waals surface area (Å²) in [5, 5.41) is 9.88. The molecule has 0 aliphatic heterocycles. The number of benzene rings is 18. The first kappa shape index (κ1) is 93.2. The Balaban J connectivity index is 0.697. The second-order valence-corrected chi connectivity index (χ2v) is 47.3. The molecule has 0 spiro atoms. The van der Waals surface area contributed by atoms with Crippen LogP contribution in [0.4, 0.5) is 0 Å². The zero-order valence-electron chi connectivity index (χ0n) is 88.1. The molecule has 4 heterocycles. The second kappa shape index (κ2) is 35.8. The number of rotatable bonds is 24. The summed E-state index contributed by atoms with van der Waals surface area (Å²) in [5.41, 5.74) is 43.5. The summed E-state index contributed by atoms with van der Waals surface area (Å²) in [4.78, 5) is 0. The largest absolute Gasteiger partial charge is 0.309 e. The highest BCUT2D eigenvalue weighted by molar-refractivity contribution is 6.15. The van der Waals surface area contributed by atoms with E-state index in [1.54, 1.807) is 5.56 Å². The van der Waals surface area contributed by atoms with Crippen molar-refractivity contribution >= 4 is 87.2 Å². The number of para-hydroxylation sites is 1. The van der Waals surface area contributed by atoms with E-state index in [0.717, 1.165) is 44.9 Å². The van der Waals surface area contributed by atoms with Gasteiger partial charge in [0.1, 0.15) is 0 Å². The average Bonchev–Trinajstić information content (AvgIpc) is 1.52. The summed E-state index contributed by atoms with van der Waals surface area (Å²) in [6.45, 7) is 32.5. The fourth-order valence-electron chi connectivity index (χ4n) is 26.8. The van der Waals surface area contributed by atoms with Gasteiger partial charge in [-0.1, -0.05) is 417 Å². The third kappa shape index (κ3) is 15.1. The molecule has 25 rings (SSSR count). The van der Waals surface area contributed by atoms with Gasteiger partial charge in [0.25, 0.3) is 0 Å². The minimum Gasteiger partial charge on any atom is -0.309 e. The lowest BCUT2D eigenvalue weighted by atomic mass is 9.67. The molecule has 0 fully saturated rings. The first-order valence-electron chi connectivity index (χ1n) is 54.7. The summed E-state index contributed by atoms with van der Waals surface area (Å²) >= 11 is 0. The van der Waals surface area contributed by atoms with Crippen LogP contribution in [0.5, 0.6) is 0 Å². The van der Waals surface area contributed by atoms with Gasteiger partial charge >= 0.3 is 0 Å². The van der Waals surface area contributed by atoms with Crippen LogP contribution in [0.1, 0.15) is 265 Å². The van der Waals surface area contributed by atoms with Gasteiger partial charge in [-0.05, 0) is 314 Å². The fourth-order valence-corrected chi connectivity index (χ4v) is 26.8. The van der Waals surface area contributed by atoms with E-state index in [2.05, 4.69) is 503 Å². The Kier molecular flexibility index (Phi) is 22.7. The maximum atomic E-state index is 2.67. The molecular formula is C143H134N4. The minimum atomic E-state index is -0.815. The molecule has 726 valence electrons. The third-order valence-electron chi connectivity index (χ3n) is 34.4. The van der Waals surface area contributed by atoms with Crippen LogP contribution in [0.2, 0.25) is 0 Å². The topological polar surface area (TPSA) is 19.7 Å². The van der Waals surface area contributed by atoms with Gasteiger partial charge in [0.2, 0.25) is 0 Å². The number of aromatic nitrogens is 4. The molecule has 4 heteroatoms. The summed E-state index contributed by atoms with van der Waals surface area (Å²) in [7, 11) is 0. The van der Waals surface area contributed by atoms with Crippen molar-refractivity contribution < 1.29 is 0 Å². The predicted octanol–water partition coefficient (Wildman–Crippen LogP) is 39.1. The highest BCUT2D eigenvalue weighted by Gasteiger charge is 2.50. The lowest BCUT2D eigenvalue weighted by Gasteiger charge is -2.34. The molecule has 3 aliphatic carbocycles. The smallest absolute Gasteiger partial charge is 0.0714 e. The molecule has 0 radical (unpaired) electrons. The SMILES string of the molecule is CCCCCCCCC1(CCCCCCCC)c2ccccc2-c2ccc(-c3ccc4c(c3)c3cc(C5(c6ccc7c(c6)c6cc(C8(c9ccc%10c(c9)c9ccccc9n%10-c9ccc(C(C)(C)C)cc9)c9ccccc9-c9ccccc98)ccc6n7-c6ccc(-c7ccc(-n8c9ccc(C(C)(C)C)cc9c9cc(C(C)(C)C)ccc98)cc7)cc6)c6ccccc6-c6ccccc65)ccc3n4-c3ccc(C(C)(C)C)cc3)cc21. The Bertz CT molecular complexity index is 8770. The molecule has 22 aromatic rings. The number of fused-ring (bicyclic) bond motifs is 21. The van der Waals surface area contributed by atoms with Crippen LogP contribution in [0, 0.1) is 0 Å². The molecule has 0 bridgehead atoms. The average molecular weight is 1910 g/mol. The Hall–Kier alpha value is -14.8. The second-order valence-electron chi connectivity index (χ2n) is 47.3. The van der Waals surface area contributed by atoms with Crippen LogP contribution >= 0.6 is 0 Å². The van der Waals surface area contributed by atoms with Crippen molar-refractivity contribution in [1.29, 1.82) is 0 Å². The molecule has 0 saturated carbocycles. The summed E-state index contributed by atoms with van der Waals surface area (Å²) in [6.07, 6.45) is 17.8. The summed E-state index contributed by atoms with van der Waals surface area (Å²) in [5.74, 6) is 0. The number of hydrogen-bond acceptors (Lipinski definition) is 0. The lowest BCUT2D eigenvalue weighted by Crippen LogP contribution is -2.28. The number of hydrogen-bond donors (Lipinski definition) is 0. The molecule has 18 aromatic carbocycles. The molecule has 0 saturated heterocycles. The fraction of sp³-hybridized carbons (Fsp3) is 0.245. The van der Waals surface area contributed by atoms with Gasteiger partial charge in [-0.2, -0.15) is 0 Å². The van der Waals surface area contributed by atoms with E-state index in [-0.39, 0.29) is 27.1 Å². The van der Waals surface area contributed by atoms with E-state index >= 15 is 0 Å². The van der Waals surface area contributed by atoms with Crippen LogP contribution in [0.25, 0.3) is 166 Å². The summed E-state index contributed by atoms with van der Waals surface area (Å²) < 4.78 is 10.1. The first-order chi connectivity index (χ1) is 71.3. The molecule has 4 aromatic heterocycles. The number of nitrogens with zero attached hydrogens (tertiary/aromatic N) is 4. The van der Waals surface area contributed by atoms with Crippen molar-refractivity contribution in [3.8, 4) is 78.4 Å². The molecule has 0 atom stereocenters. The molecular weight excluding hydrogens is 1770 g/mol. The van der Waals surface area contributed by atoms with E-state index < -0.39 is 10.8 Å². The monoisotopic (exact) mass is 1910 g/mol. The van der Waals surface area contributed by atoms with Crippen molar-refractivity contribution in [3.63, 3.8) is 0 Å². The molecule has 147 heavy (non-hydrogen) atoms. The van der Waals surface area contributed by atoms with Crippen molar-refractivity contribution in [2.75, 3.05) is 0 Å². The maximum Gasteiger partial charge on any atom is 0.0714 e. The van der Waals surface area contributed by atoms with Crippen LogP contribution < -0.4 is 0 Å². The maximum absolute atomic E-state index is 2.67. The van der Waals surface area contributed by atoms with Crippen LogP contribution in [-0.4, -0.2) is 18.3 Å². The van der Waals surface area contributed by atoms with Gasteiger partial charge in [0.15, 0.2) is 0 Å². The zero-order valence-corrected chi connectivity index (χ0v) is 88.1. The van der Waals surface area contributed by atoms with Gasteiger partial charge in [-0.3, -0.25) is 0 Å². The minimum absolute atomic E-state index is 0.00366. The highest BCUT2D eigenvalue weighted by atomic mass is 15.0. The molecule has 0 amide bonds. The summed E-state index contributed by atoms with van der Waals surface area (Å²) in [6, 6.07) is 153. The van der Waals surface area contributed by atoms with E-state index in [1.807, 2.05) is 0 Å². The van der Waals surface area contributed by atoms with Gasteiger partial charge in [-0.25, -0.2) is 0 Å². The Labute approximate surface area is 868 Å². The zero-order chi connectivity index (χ0) is 100. The van der Waals surface area contributed by atoms with Gasteiger partial charge in [0, 0.05) is 71.3 Å². The molecule has 4 nitrogen and oxygen atoms in total. The Morgan fingerprint density at radius 3 is 0.803 bits per heavy atom. The Morgan fingerprint density at radius 1 is 0.184 bits per heavy atom. The predicted molar refractivity (Wildman–Crippen MR) is 626 cm³/mol. The normalized spacial score (nSPS) is 14.1. The lowest BCUT2D eigenvalue weighted by molar-refractivity contribution is 0.398. The quantitative estimate of drug-likeness (QED) is 0.0537. The molecule has 0 unspecified atom stereocenters. The molecule has 0 N–H and O–H groups in total. The van der Waals surface area contributed by atoms with Gasteiger partial charge in [0.05, 0.1) is 55.0 Å². The van der Waals surface area contributed by atoms with Crippen LogP contribution in [0.15, 0.2) is 388 Å². The molecule has 3 aliphatic rings. The van der Waals surface area contributed by atoms with E-state index in [0.29, 0.717) is 0 Å². The first-order valence-corrected chi connectivity index (χ1v) is 54.7. The van der Waals surface area contributed by atoms with E-state index in [1.165, 1.54) is 283 Å². The standard InChI is InChI=1S/C143H134N4/c1-15-17-19-21-23-37-83-141(84-38-24-22-20-18-16-2)123-45-31-25-39-109(123)114-75-55-96(86-128(114)141)95-56-76-130-116(85-95)120-90-102(64-80-134(120)147(130)108-73-59-98(60-74-108)138(6,7)8)143(126-48-34-28-42-112(126)113-43-29-35-49-127(113)143)104-66-82-136-122(92-104)121-91-103(142(124-46-32-26-40-110(124)111-41-27-33-47-125(111)142)101-63-79-131-117(89-101)115-44-30-36-50-129(115)144(131)107-71-57-97(58-72-107)137(3,4)5)65-81-135(121)146(136)106-69-53-94(54-70-106)93-51-67-105(68-52-93)145-132-77-61-99(139(9,10)11)87-118(132)119-88-100(140(12,13)14)62-78-133(119)145/h25-36,39-82,85-92H,15-24,37-38,83-84H2,1-14H3. The van der Waals surface area contributed by atoms with Gasteiger partial charge in [-0.15, -0.1) is 0 Å². The van der Waals surface area contributed by atoms with Crippen LogP contribution in [0.3, 0.4) is 0 Å². The van der Waals surface area contributed by atoms with Crippen molar-refractivity contribution in [2.45, 2.75) is 225 Å². The van der Waals surface area contributed by atoms with Crippen LogP contribution in [-0.2, 0) is 37.9 Å². The van der Waals surface area contributed by atoms with E-state index in [4.69, 9.17) is 0 Å². The third-order valence-corrected chi connectivity index (χ3v) is 34.4. The van der Waals surface area contributed by atoms with E-state index in [9.17, 15) is 0 Å². The number of unbranched alkanes of at least 4 members (excludes halogenated alkanes) is 10. The van der Waals surface area contributed by atoms with Crippen molar-refractivity contribution in [2.24, 2.45) is 0 Å². The van der Waals surface area contributed by atoms with Gasteiger partial charge < -0.3 is 18.3 Å².